The molecule has 0 aliphatic carbocycles. The molecule has 0 atom stereocenters. The third-order valence-corrected chi connectivity index (χ3v) is 1.59. The van der Waals surface area contributed by atoms with Crippen LogP contribution in [0.25, 0.3) is 0 Å². The third kappa shape index (κ3) is 2.83. The number of benzene rings is 1. The van der Waals surface area contributed by atoms with Crippen molar-refractivity contribution in [1.29, 1.82) is 0 Å². The lowest BCUT2D eigenvalue weighted by molar-refractivity contribution is -0.170. The van der Waals surface area contributed by atoms with Gasteiger partial charge in [0.25, 0.3) is 0 Å². The number of rotatable bonds is 2. The summed E-state index contributed by atoms with van der Waals surface area (Å²) in [4.78, 5) is 10.5. The smallest absolute Gasteiger partial charge is 0.289 e. The first kappa shape index (κ1) is 10.7. The molecular formula is C9H6F4O. The summed E-state index contributed by atoms with van der Waals surface area (Å²) in [6.07, 6.45) is -5.57. The van der Waals surface area contributed by atoms with Crippen molar-refractivity contribution < 1.29 is 22.4 Å². The lowest BCUT2D eigenvalue weighted by Crippen LogP contribution is -2.24. The van der Waals surface area contributed by atoms with Crippen molar-refractivity contribution >= 4 is 5.78 Å². The van der Waals surface area contributed by atoms with E-state index >= 15 is 0 Å². The first-order valence-electron chi connectivity index (χ1n) is 3.74. The Bertz CT molecular complexity index is 326. The summed E-state index contributed by atoms with van der Waals surface area (Å²) >= 11 is 0. The number of carbonyl (C=O) groups is 1. The first-order chi connectivity index (χ1) is 6.39. The summed E-state index contributed by atoms with van der Waals surface area (Å²) in [5, 5.41) is 0. The molecule has 0 aliphatic rings. The molecule has 1 rings (SSSR count). The second-order valence-electron chi connectivity index (χ2n) is 2.72. The maximum absolute atomic E-state index is 12.4. The molecule has 0 saturated heterocycles. The molecule has 0 aromatic heterocycles. The van der Waals surface area contributed by atoms with Crippen molar-refractivity contribution in [2.75, 3.05) is 0 Å². The largest absolute Gasteiger partial charge is 0.450 e. The molecule has 0 bridgehead atoms. The first-order valence-corrected chi connectivity index (χ1v) is 3.74. The van der Waals surface area contributed by atoms with Crippen molar-refractivity contribution in [2.24, 2.45) is 0 Å². The Morgan fingerprint density at radius 3 is 2.07 bits per heavy atom. The van der Waals surface area contributed by atoms with Crippen LogP contribution >= 0.6 is 0 Å². The minimum absolute atomic E-state index is 0.147. The van der Waals surface area contributed by atoms with Gasteiger partial charge in [0.1, 0.15) is 5.82 Å². The Morgan fingerprint density at radius 1 is 1.14 bits per heavy atom. The van der Waals surface area contributed by atoms with Crippen LogP contribution in [0.3, 0.4) is 0 Å². The number of ketones is 1. The molecule has 0 aliphatic heterocycles. The van der Waals surface area contributed by atoms with E-state index in [1.54, 1.807) is 0 Å². The molecule has 0 amide bonds. The molecule has 1 nitrogen and oxygen atoms in total. The van der Waals surface area contributed by atoms with Crippen molar-refractivity contribution in [2.45, 2.75) is 12.6 Å². The van der Waals surface area contributed by atoms with E-state index < -0.39 is 24.2 Å². The maximum atomic E-state index is 12.4. The molecule has 14 heavy (non-hydrogen) atoms. The van der Waals surface area contributed by atoms with E-state index in [2.05, 4.69) is 0 Å². The van der Waals surface area contributed by atoms with Crippen molar-refractivity contribution in [3.05, 3.63) is 35.6 Å². The average molecular weight is 206 g/mol. The van der Waals surface area contributed by atoms with E-state index in [9.17, 15) is 22.4 Å². The van der Waals surface area contributed by atoms with Crippen molar-refractivity contribution in [1.82, 2.24) is 0 Å². The minimum atomic E-state index is -4.83. The van der Waals surface area contributed by atoms with E-state index in [0.717, 1.165) is 24.3 Å². The maximum Gasteiger partial charge on any atom is 0.450 e. The van der Waals surface area contributed by atoms with Gasteiger partial charge in [-0.15, -0.1) is 0 Å². The van der Waals surface area contributed by atoms with E-state index in [-0.39, 0.29) is 5.56 Å². The Labute approximate surface area is 77.3 Å². The molecule has 1 aromatic carbocycles. The molecule has 0 N–H and O–H groups in total. The van der Waals surface area contributed by atoms with Gasteiger partial charge in [-0.3, -0.25) is 4.79 Å². The summed E-state index contributed by atoms with van der Waals surface area (Å²) < 4.78 is 47.7. The summed E-state index contributed by atoms with van der Waals surface area (Å²) in [7, 11) is 0. The van der Waals surface area contributed by atoms with Crippen LogP contribution in [0.15, 0.2) is 24.3 Å². The molecule has 5 heteroatoms. The second-order valence-corrected chi connectivity index (χ2v) is 2.72. The second kappa shape index (κ2) is 3.77. The van der Waals surface area contributed by atoms with E-state index in [1.165, 1.54) is 0 Å². The molecule has 0 saturated carbocycles. The zero-order valence-electron chi connectivity index (χ0n) is 6.94. The standard InChI is InChI=1S/C9H6F4O/c10-7-3-1-6(2-4-7)5-8(14)9(11,12)13/h1-4H,5H2. The molecule has 0 fully saturated rings. The fraction of sp³-hybridized carbons (Fsp3) is 0.222. The fourth-order valence-electron chi connectivity index (χ4n) is 0.888. The third-order valence-electron chi connectivity index (χ3n) is 1.59. The lowest BCUT2D eigenvalue weighted by Gasteiger charge is -2.04. The minimum Gasteiger partial charge on any atom is -0.289 e. The molecule has 0 spiro atoms. The number of halogens is 4. The van der Waals surface area contributed by atoms with Crippen LogP contribution in [0, 0.1) is 5.82 Å². The number of Topliss-reactive ketones (excluding diaryl/α,β-unsaturated/α-hetero) is 1. The van der Waals surface area contributed by atoms with Gasteiger partial charge in [-0.1, -0.05) is 12.1 Å². The Morgan fingerprint density at radius 2 is 1.64 bits per heavy atom. The van der Waals surface area contributed by atoms with Gasteiger partial charge in [-0.05, 0) is 17.7 Å². The molecule has 76 valence electrons. The molecule has 0 unspecified atom stereocenters. The quantitative estimate of drug-likeness (QED) is 0.679. The van der Waals surface area contributed by atoms with Gasteiger partial charge in [0.15, 0.2) is 0 Å². The van der Waals surface area contributed by atoms with Gasteiger partial charge in [-0.2, -0.15) is 13.2 Å². The number of carbonyl (C=O) groups excluding carboxylic acids is 1. The van der Waals surface area contributed by atoms with Gasteiger partial charge in [0.2, 0.25) is 5.78 Å². The highest BCUT2D eigenvalue weighted by Gasteiger charge is 2.37. The van der Waals surface area contributed by atoms with Crippen LogP contribution in [0.1, 0.15) is 5.56 Å². The summed E-state index contributed by atoms with van der Waals surface area (Å²) in [6, 6.07) is 4.33. The summed E-state index contributed by atoms with van der Waals surface area (Å²) in [6.45, 7) is 0. The Balaban J connectivity index is 2.71. The van der Waals surface area contributed by atoms with Gasteiger partial charge >= 0.3 is 6.18 Å². The van der Waals surface area contributed by atoms with Gasteiger partial charge in [-0.25, -0.2) is 4.39 Å². The normalized spacial score (nSPS) is 11.4. The zero-order chi connectivity index (χ0) is 10.8. The number of hydrogen-bond acceptors (Lipinski definition) is 1. The van der Waals surface area contributed by atoms with Crippen molar-refractivity contribution in [3.8, 4) is 0 Å². The Hall–Kier alpha value is -1.39. The summed E-state index contributed by atoms with van der Waals surface area (Å²) in [5.74, 6) is -2.38. The monoisotopic (exact) mass is 206 g/mol. The predicted molar refractivity (Wildman–Crippen MR) is 41.2 cm³/mol. The zero-order valence-corrected chi connectivity index (χ0v) is 6.94. The van der Waals surface area contributed by atoms with E-state index in [4.69, 9.17) is 0 Å². The highest BCUT2D eigenvalue weighted by atomic mass is 19.4. The molecule has 0 radical (unpaired) electrons. The van der Waals surface area contributed by atoms with E-state index in [0.29, 0.717) is 0 Å². The van der Waals surface area contributed by atoms with Crippen LogP contribution in [0.5, 0.6) is 0 Å². The van der Waals surface area contributed by atoms with Gasteiger partial charge in [0, 0.05) is 6.42 Å². The topological polar surface area (TPSA) is 17.1 Å². The van der Waals surface area contributed by atoms with Crippen molar-refractivity contribution in [3.63, 3.8) is 0 Å². The Kier molecular flexibility index (Phi) is 2.88. The fourth-order valence-corrected chi connectivity index (χ4v) is 0.888. The average Bonchev–Trinajstić information content (AvgIpc) is 2.07. The highest BCUT2D eigenvalue weighted by Crippen LogP contribution is 2.18. The van der Waals surface area contributed by atoms with Gasteiger partial charge in [0.05, 0.1) is 0 Å². The van der Waals surface area contributed by atoms with Gasteiger partial charge < -0.3 is 0 Å². The molecular weight excluding hydrogens is 200 g/mol. The molecule has 0 heterocycles. The summed E-state index contributed by atoms with van der Waals surface area (Å²) in [5.41, 5.74) is 0.147. The van der Waals surface area contributed by atoms with Crippen LogP contribution in [-0.4, -0.2) is 12.0 Å². The van der Waals surface area contributed by atoms with Crippen LogP contribution in [0.2, 0.25) is 0 Å². The van der Waals surface area contributed by atoms with Crippen LogP contribution < -0.4 is 0 Å². The predicted octanol–water partition coefficient (Wildman–Crippen LogP) is 2.50. The van der Waals surface area contributed by atoms with Crippen LogP contribution in [0.4, 0.5) is 17.6 Å². The van der Waals surface area contributed by atoms with E-state index in [1.807, 2.05) is 0 Å². The lowest BCUT2D eigenvalue weighted by atomic mass is 10.1. The number of alkyl halides is 3. The SMILES string of the molecule is O=C(Cc1ccc(F)cc1)C(F)(F)F. The highest BCUT2D eigenvalue weighted by molar-refractivity contribution is 5.86. The molecule has 1 aromatic rings. The van der Waals surface area contributed by atoms with Crippen LogP contribution in [-0.2, 0) is 11.2 Å². The number of hydrogen-bond donors (Lipinski definition) is 0.